The van der Waals surface area contributed by atoms with Crippen LogP contribution in [0.3, 0.4) is 0 Å². The third-order valence-electron chi connectivity index (χ3n) is 2.28. The van der Waals surface area contributed by atoms with Crippen LogP contribution in [0.5, 0.6) is 0 Å². The van der Waals surface area contributed by atoms with Gasteiger partial charge in [-0.25, -0.2) is 0 Å². The predicted octanol–water partition coefficient (Wildman–Crippen LogP) is 3.56. The van der Waals surface area contributed by atoms with E-state index in [1.807, 2.05) is 17.4 Å². The summed E-state index contributed by atoms with van der Waals surface area (Å²) in [6.07, 6.45) is 1.09. The van der Waals surface area contributed by atoms with Gasteiger partial charge in [0, 0.05) is 18.5 Å². The van der Waals surface area contributed by atoms with E-state index in [4.69, 9.17) is 5.11 Å². The van der Waals surface area contributed by atoms with Crippen molar-refractivity contribution in [2.24, 2.45) is 0 Å². The van der Waals surface area contributed by atoms with E-state index in [2.05, 4.69) is 41.6 Å². The Morgan fingerprint density at radius 3 is 2.86 bits per heavy atom. The highest BCUT2D eigenvalue weighted by molar-refractivity contribution is 14.1. The van der Waals surface area contributed by atoms with E-state index in [1.165, 1.54) is 18.5 Å². The number of aliphatic hydroxyl groups is 1. The molecule has 0 amide bonds. The highest BCUT2D eigenvalue weighted by Crippen LogP contribution is 2.31. The minimum atomic E-state index is 0.130. The first-order valence-electron chi connectivity index (χ1n) is 4.57. The molecule has 0 aliphatic heterocycles. The van der Waals surface area contributed by atoms with Crippen LogP contribution in [-0.2, 0) is 13.0 Å². The number of aryl methyl sites for hydroxylation is 1. The Bertz CT molecular complexity index is 462. The molecule has 14 heavy (non-hydrogen) atoms. The molecule has 0 radical (unpaired) electrons. The summed E-state index contributed by atoms with van der Waals surface area (Å²) < 4.78 is 2.52. The molecule has 0 unspecified atom stereocenters. The second-order valence-electron chi connectivity index (χ2n) is 3.17. The normalized spacial score (nSPS) is 11.1. The summed E-state index contributed by atoms with van der Waals surface area (Å²) in [5, 5.41) is 10.4. The second kappa shape index (κ2) is 4.16. The zero-order valence-electron chi connectivity index (χ0n) is 7.88. The minimum absolute atomic E-state index is 0.130. The van der Waals surface area contributed by atoms with Gasteiger partial charge in [-0.1, -0.05) is 13.0 Å². The van der Waals surface area contributed by atoms with Crippen molar-refractivity contribution in [1.29, 1.82) is 0 Å². The average molecular weight is 318 g/mol. The summed E-state index contributed by atoms with van der Waals surface area (Å²) in [6.45, 7) is 2.30. The molecular weight excluding hydrogens is 307 g/mol. The minimum Gasteiger partial charge on any atom is -0.392 e. The van der Waals surface area contributed by atoms with Gasteiger partial charge < -0.3 is 5.11 Å². The lowest BCUT2D eigenvalue weighted by Gasteiger charge is -2.00. The molecule has 2 aromatic rings. The molecule has 74 valence electrons. The molecule has 1 nitrogen and oxygen atoms in total. The zero-order valence-corrected chi connectivity index (χ0v) is 10.9. The Morgan fingerprint density at radius 2 is 2.21 bits per heavy atom. The van der Waals surface area contributed by atoms with E-state index in [1.54, 1.807) is 0 Å². The van der Waals surface area contributed by atoms with Gasteiger partial charge in [0.15, 0.2) is 0 Å². The summed E-state index contributed by atoms with van der Waals surface area (Å²) in [6, 6.07) is 6.36. The van der Waals surface area contributed by atoms with Crippen molar-refractivity contribution in [2.75, 3.05) is 0 Å². The quantitative estimate of drug-likeness (QED) is 0.840. The van der Waals surface area contributed by atoms with E-state index >= 15 is 0 Å². The summed E-state index contributed by atoms with van der Waals surface area (Å²) in [5.74, 6) is 0. The first kappa shape index (κ1) is 10.4. The third-order valence-corrected chi connectivity index (χ3v) is 4.80. The molecule has 0 fully saturated rings. The summed E-state index contributed by atoms with van der Waals surface area (Å²) in [4.78, 5) is 1.41. The number of thiophene rings is 1. The fourth-order valence-corrected chi connectivity index (χ4v) is 3.46. The molecule has 0 bridgehead atoms. The number of hydrogen-bond donors (Lipinski definition) is 1. The molecule has 0 aliphatic carbocycles. The molecule has 1 heterocycles. The fraction of sp³-hybridized carbons (Fsp3) is 0.273. The number of aliphatic hydroxyl groups excluding tert-OH is 1. The lowest BCUT2D eigenvalue weighted by atomic mass is 10.1. The Balaban J connectivity index is 2.68. The Morgan fingerprint density at radius 1 is 1.43 bits per heavy atom. The number of rotatable bonds is 2. The molecule has 0 aliphatic rings. The van der Waals surface area contributed by atoms with Crippen molar-refractivity contribution in [3.05, 3.63) is 32.2 Å². The summed E-state index contributed by atoms with van der Waals surface area (Å²) in [5.41, 5.74) is 1.03. The molecule has 1 aromatic heterocycles. The van der Waals surface area contributed by atoms with Gasteiger partial charge >= 0.3 is 0 Å². The van der Waals surface area contributed by atoms with Crippen LogP contribution in [0.15, 0.2) is 18.2 Å². The molecule has 1 N–H and O–H groups in total. The first-order chi connectivity index (χ1) is 6.76. The van der Waals surface area contributed by atoms with Crippen LogP contribution < -0.4 is 0 Å². The molecule has 1 aromatic carbocycles. The largest absolute Gasteiger partial charge is 0.392 e. The van der Waals surface area contributed by atoms with Crippen molar-refractivity contribution in [2.45, 2.75) is 20.0 Å². The lowest BCUT2D eigenvalue weighted by molar-refractivity contribution is 0.281. The van der Waals surface area contributed by atoms with Crippen molar-refractivity contribution in [3.63, 3.8) is 0 Å². The lowest BCUT2D eigenvalue weighted by Crippen LogP contribution is -1.87. The SMILES string of the molecule is CCc1cc2c(I)c(CO)ccc2s1. The Labute approximate surface area is 101 Å². The van der Waals surface area contributed by atoms with Gasteiger partial charge in [-0.15, -0.1) is 11.3 Å². The zero-order chi connectivity index (χ0) is 10.1. The van der Waals surface area contributed by atoms with Gasteiger partial charge in [-0.2, -0.15) is 0 Å². The molecule has 0 atom stereocenters. The maximum atomic E-state index is 9.14. The Kier molecular flexibility index (Phi) is 3.09. The first-order valence-corrected chi connectivity index (χ1v) is 6.46. The molecular formula is C11H11IOS. The van der Waals surface area contributed by atoms with Crippen LogP contribution in [0.4, 0.5) is 0 Å². The number of halogens is 1. The Hall–Kier alpha value is -0.130. The standard InChI is InChI=1S/C11H11IOS/c1-2-8-5-9-10(14-8)4-3-7(6-13)11(9)12/h3-5,13H,2,6H2,1H3. The maximum Gasteiger partial charge on any atom is 0.0692 e. The van der Waals surface area contributed by atoms with Gasteiger partial charge in [0.2, 0.25) is 0 Å². The highest BCUT2D eigenvalue weighted by Gasteiger charge is 2.07. The number of hydrogen-bond acceptors (Lipinski definition) is 2. The van der Waals surface area contributed by atoms with E-state index in [-0.39, 0.29) is 6.61 Å². The van der Waals surface area contributed by atoms with E-state index in [0.717, 1.165) is 12.0 Å². The topological polar surface area (TPSA) is 20.2 Å². The molecule has 3 heteroatoms. The molecule has 0 saturated heterocycles. The number of benzene rings is 1. The van der Waals surface area contributed by atoms with Gasteiger partial charge in [0.25, 0.3) is 0 Å². The maximum absolute atomic E-state index is 9.14. The van der Waals surface area contributed by atoms with Gasteiger partial charge in [0.05, 0.1) is 6.61 Å². The monoisotopic (exact) mass is 318 g/mol. The van der Waals surface area contributed by atoms with Crippen LogP contribution in [0.25, 0.3) is 10.1 Å². The highest BCUT2D eigenvalue weighted by atomic mass is 127. The van der Waals surface area contributed by atoms with E-state index in [0.29, 0.717) is 0 Å². The van der Waals surface area contributed by atoms with Gasteiger partial charge in [0.1, 0.15) is 0 Å². The second-order valence-corrected chi connectivity index (χ2v) is 5.42. The number of fused-ring (bicyclic) bond motifs is 1. The van der Waals surface area contributed by atoms with Crippen LogP contribution >= 0.6 is 33.9 Å². The average Bonchev–Trinajstić information content (AvgIpc) is 2.62. The molecule has 2 rings (SSSR count). The smallest absolute Gasteiger partial charge is 0.0692 e. The summed E-state index contributed by atoms with van der Waals surface area (Å²) >= 11 is 4.16. The van der Waals surface area contributed by atoms with Crippen LogP contribution in [0, 0.1) is 3.57 Å². The van der Waals surface area contributed by atoms with Crippen molar-refractivity contribution in [3.8, 4) is 0 Å². The van der Waals surface area contributed by atoms with Crippen LogP contribution in [-0.4, -0.2) is 5.11 Å². The summed E-state index contributed by atoms with van der Waals surface area (Å²) in [7, 11) is 0. The van der Waals surface area contributed by atoms with E-state index in [9.17, 15) is 0 Å². The fourth-order valence-electron chi connectivity index (χ4n) is 1.47. The van der Waals surface area contributed by atoms with Crippen molar-refractivity contribution >= 4 is 44.0 Å². The van der Waals surface area contributed by atoms with Crippen LogP contribution in [0.1, 0.15) is 17.4 Å². The van der Waals surface area contributed by atoms with E-state index < -0.39 is 0 Å². The predicted molar refractivity (Wildman–Crippen MR) is 69.8 cm³/mol. The molecule has 0 spiro atoms. The van der Waals surface area contributed by atoms with Gasteiger partial charge in [-0.3, -0.25) is 0 Å². The van der Waals surface area contributed by atoms with Crippen molar-refractivity contribution < 1.29 is 5.11 Å². The van der Waals surface area contributed by atoms with Crippen molar-refractivity contribution in [1.82, 2.24) is 0 Å². The third kappa shape index (κ3) is 1.68. The molecule has 0 saturated carbocycles. The van der Waals surface area contributed by atoms with Crippen LogP contribution in [0.2, 0.25) is 0 Å². The van der Waals surface area contributed by atoms with Gasteiger partial charge in [-0.05, 0) is 46.7 Å².